The van der Waals surface area contributed by atoms with Crippen molar-refractivity contribution in [2.45, 2.75) is 0 Å². The smallest absolute Gasteiger partial charge is 0.294 e. The lowest BCUT2D eigenvalue weighted by Crippen LogP contribution is -2.31. The van der Waals surface area contributed by atoms with Gasteiger partial charge in [-0.25, -0.2) is 0 Å². The minimum atomic E-state index is -0.690. The maximum absolute atomic E-state index is 12.0. The second-order valence-electron chi connectivity index (χ2n) is 3.61. The Morgan fingerprint density at radius 3 is 2.45 bits per heavy atom. The summed E-state index contributed by atoms with van der Waals surface area (Å²) in [4.78, 5) is 23.2. The Hall–Kier alpha value is -3.17. The number of hydrazine groups is 1. The minimum Gasteiger partial charge on any atom is -0.318 e. The van der Waals surface area contributed by atoms with Gasteiger partial charge in [0.15, 0.2) is 0 Å². The lowest BCUT2D eigenvalue weighted by Gasteiger charge is -2.15. The van der Waals surface area contributed by atoms with E-state index in [1.165, 1.54) is 12.1 Å². The molecule has 0 aliphatic heterocycles. The summed E-state index contributed by atoms with van der Waals surface area (Å²) in [5, 5.41) is 28.0. The van der Waals surface area contributed by atoms with Crippen molar-refractivity contribution >= 4 is 17.3 Å². The Labute approximate surface area is 113 Å². The van der Waals surface area contributed by atoms with Crippen molar-refractivity contribution in [3.05, 3.63) is 33.9 Å². The van der Waals surface area contributed by atoms with Crippen molar-refractivity contribution in [2.24, 2.45) is 5.84 Å². The number of nitrogen functional groups attached to an aromatic ring is 1. The maximum Gasteiger partial charge on any atom is 0.294 e. The number of nitro benzene ring substituents is 1. The Morgan fingerprint density at radius 1 is 1.40 bits per heavy atom. The molecule has 3 N–H and O–H groups in total. The molecule has 0 radical (unpaired) electrons. The fraction of sp³-hybridized carbons (Fsp3) is 0.182. The van der Waals surface area contributed by atoms with Crippen LogP contribution in [0.15, 0.2) is 18.2 Å². The molecule has 0 heterocycles. The molecular formula is C11H10N6O3. The molecule has 20 heavy (non-hydrogen) atoms. The molecule has 9 heteroatoms. The zero-order valence-corrected chi connectivity index (χ0v) is 10.2. The topological polar surface area (TPSA) is 149 Å². The molecule has 1 aromatic rings. The first-order valence-electron chi connectivity index (χ1n) is 5.33. The van der Waals surface area contributed by atoms with Crippen molar-refractivity contribution in [2.75, 3.05) is 18.5 Å². The van der Waals surface area contributed by atoms with E-state index in [1.807, 2.05) is 0 Å². The molecule has 0 saturated heterocycles. The number of nitrogens with one attached hydrogen (secondary N) is 1. The van der Waals surface area contributed by atoms with Gasteiger partial charge in [0, 0.05) is 11.6 Å². The van der Waals surface area contributed by atoms with Crippen molar-refractivity contribution in [1.82, 2.24) is 4.90 Å². The van der Waals surface area contributed by atoms with E-state index in [9.17, 15) is 14.9 Å². The van der Waals surface area contributed by atoms with Gasteiger partial charge in [-0.3, -0.25) is 20.8 Å². The molecule has 102 valence electrons. The van der Waals surface area contributed by atoms with E-state index in [0.29, 0.717) is 0 Å². The van der Waals surface area contributed by atoms with E-state index in [4.69, 9.17) is 16.4 Å². The Kier molecular flexibility index (Phi) is 4.97. The van der Waals surface area contributed by atoms with Crippen LogP contribution in [-0.4, -0.2) is 28.8 Å². The molecule has 0 bridgehead atoms. The number of nitro groups is 1. The molecule has 9 nitrogen and oxygen atoms in total. The fourth-order valence-corrected chi connectivity index (χ4v) is 1.49. The molecule has 0 unspecified atom stereocenters. The highest BCUT2D eigenvalue weighted by Crippen LogP contribution is 2.25. The second kappa shape index (κ2) is 6.68. The number of nitrogens with two attached hydrogens (primary N) is 1. The van der Waals surface area contributed by atoms with Gasteiger partial charge < -0.3 is 10.3 Å². The van der Waals surface area contributed by atoms with Gasteiger partial charge in [-0.1, -0.05) is 0 Å². The van der Waals surface area contributed by atoms with Crippen LogP contribution in [0.1, 0.15) is 10.4 Å². The number of rotatable bonds is 5. The van der Waals surface area contributed by atoms with E-state index in [2.05, 4.69) is 5.43 Å². The first-order chi connectivity index (χ1) is 9.54. The summed E-state index contributed by atoms with van der Waals surface area (Å²) in [6.07, 6.45) is 0. The molecule has 1 rings (SSSR count). The average molecular weight is 274 g/mol. The van der Waals surface area contributed by atoms with Crippen LogP contribution in [0.2, 0.25) is 0 Å². The zero-order chi connectivity index (χ0) is 15.1. The number of benzene rings is 1. The molecule has 0 saturated carbocycles. The van der Waals surface area contributed by atoms with E-state index in [-0.39, 0.29) is 30.0 Å². The number of amides is 1. The summed E-state index contributed by atoms with van der Waals surface area (Å²) in [5.41, 5.74) is 1.84. The summed E-state index contributed by atoms with van der Waals surface area (Å²) < 4.78 is 0. The van der Waals surface area contributed by atoms with Crippen LogP contribution in [0.5, 0.6) is 0 Å². The molecule has 1 aromatic carbocycles. The zero-order valence-electron chi connectivity index (χ0n) is 10.2. The summed E-state index contributed by atoms with van der Waals surface area (Å²) in [7, 11) is 0. The number of carbonyl (C=O) groups is 1. The number of nitrogens with zero attached hydrogens (tertiary/aromatic N) is 4. The molecule has 0 atom stereocenters. The standard InChI is InChI=1S/C11H10N6O3/c12-3-5-16(6-4-13)11(18)8-1-2-9(15-14)10(7-8)17(19)20/h1-2,7,15H,5-6,14H2. The minimum absolute atomic E-state index is 0.00111. The van der Waals surface area contributed by atoms with Crippen molar-refractivity contribution in [1.29, 1.82) is 10.5 Å². The van der Waals surface area contributed by atoms with Gasteiger partial charge in [-0.2, -0.15) is 10.5 Å². The van der Waals surface area contributed by atoms with Crippen LogP contribution in [0, 0.1) is 32.8 Å². The summed E-state index contributed by atoms with van der Waals surface area (Å²) in [6.45, 7) is -0.561. The number of anilines is 1. The van der Waals surface area contributed by atoms with Gasteiger partial charge in [0.2, 0.25) is 0 Å². The summed E-state index contributed by atoms with van der Waals surface area (Å²) in [6, 6.07) is 7.15. The van der Waals surface area contributed by atoms with Crippen LogP contribution in [0.3, 0.4) is 0 Å². The SMILES string of the molecule is N#CCN(CC#N)C(=O)c1ccc(NN)c([N+](=O)[O-])c1. The largest absolute Gasteiger partial charge is 0.318 e. The summed E-state index contributed by atoms with van der Waals surface area (Å²) >= 11 is 0. The molecule has 0 aromatic heterocycles. The summed E-state index contributed by atoms with van der Waals surface area (Å²) in [5.74, 6) is 4.49. The van der Waals surface area contributed by atoms with Crippen molar-refractivity contribution < 1.29 is 9.72 Å². The lowest BCUT2D eigenvalue weighted by atomic mass is 10.1. The van der Waals surface area contributed by atoms with Gasteiger partial charge in [-0.15, -0.1) is 0 Å². The van der Waals surface area contributed by atoms with E-state index < -0.39 is 10.8 Å². The molecule has 1 amide bonds. The first kappa shape index (κ1) is 14.9. The third-order valence-corrected chi connectivity index (χ3v) is 2.41. The predicted octanol–water partition coefficient (Wildman–Crippen LogP) is 0.370. The Morgan fingerprint density at radius 2 is 2.00 bits per heavy atom. The predicted molar refractivity (Wildman–Crippen MR) is 68.0 cm³/mol. The number of carbonyl (C=O) groups excluding carboxylic acids is 1. The average Bonchev–Trinajstić information content (AvgIpc) is 2.45. The van der Waals surface area contributed by atoms with Gasteiger partial charge in [0.25, 0.3) is 11.6 Å². The normalized spacial score (nSPS) is 9.15. The highest BCUT2D eigenvalue weighted by molar-refractivity contribution is 5.96. The van der Waals surface area contributed by atoms with E-state index >= 15 is 0 Å². The highest BCUT2D eigenvalue weighted by Gasteiger charge is 2.20. The first-order valence-corrected chi connectivity index (χ1v) is 5.33. The van der Waals surface area contributed by atoms with Crippen LogP contribution in [0.4, 0.5) is 11.4 Å². The monoisotopic (exact) mass is 274 g/mol. The highest BCUT2D eigenvalue weighted by atomic mass is 16.6. The third kappa shape index (κ3) is 3.19. The molecule has 0 aliphatic carbocycles. The lowest BCUT2D eigenvalue weighted by molar-refractivity contribution is -0.384. The van der Waals surface area contributed by atoms with Crippen LogP contribution in [-0.2, 0) is 0 Å². The van der Waals surface area contributed by atoms with Crippen molar-refractivity contribution in [3.8, 4) is 12.1 Å². The van der Waals surface area contributed by atoms with Gasteiger partial charge >= 0.3 is 0 Å². The van der Waals surface area contributed by atoms with Crippen LogP contribution in [0.25, 0.3) is 0 Å². The van der Waals surface area contributed by atoms with E-state index in [1.54, 1.807) is 12.1 Å². The Bertz CT molecular complexity index is 600. The van der Waals surface area contributed by atoms with Gasteiger partial charge in [0.1, 0.15) is 18.8 Å². The molecule has 0 aliphatic rings. The fourth-order valence-electron chi connectivity index (χ4n) is 1.49. The number of nitriles is 2. The van der Waals surface area contributed by atoms with Crippen molar-refractivity contribution in [3.63, 3.8) is 0 Å². The van der Waals surface area contributed by atoms with Crippen LogP contribution < -0.4 is 11.3 Å². The number of hydrogen-bond acceptors (Lipinski definition) is 7. The third-order valence-electron chi connectivity index (χ3n) is 2.41. The molecule has 0 fully saturated rings. The maximum atomic E-state index is 12.0. The molecular weight excluding hydrogens is 264 g/mol. The van der Waals surface area contributed by atoms with Gasteiger partial charge in [-0.05, 0) is 12.1 Å². The van der Waals surface area contributed by atoms with E-state index in [0.717, 1.165) is 11.0 Å². The van der Waals surface area contributed by atoms with Gasteiger partial charge in [0.05, 0.1) is 17.1 Å². The quantitative estimate of drug-likeness (QED) is 0.341. The Balaban J connectivity index is 3.17. The number of hydrogen-bond donors (Lipinski definition) is 2. The second-order valence-corrected chi connectivity index (χ2v) is 3.61. The van der Waals surface area contributed by atoms with Crippen LogP contribution >= 0.6 is 0 Å². The molecule has 0 spiro atoms.